The Kier molecular flexibility index (Phi) is 5.39. The second kappa shape index (κ2) is 6.58. The lowest BCUT2D eigenvalue weighted by Gasteiger charge is -2.14. The molecule has 1 aromatic carbocycles. The third-order valence-electron chi connectivity index (χ3n) is 2.31. The van der Waals surface area contributed by atoms with Crippen molar-refractivity contribution in [2.45, 2.75) is 6.54 Å². The van der Waals surface area contributed by atoms with Gasteiger partial charge in [-0.25, -0.2) is 8.42 Å². The third-order valence-corrected chi connectivity index (χ3v) is 2.96. The maximum absolute atomic E-state index is 10.8. The van der Waals surface area contributed by atoms with Crippen molar-refractivity contribution in [3.63, 3.8) is 0 Å². The Morgan fingerprint density at radius 1 is 1.44 bits per heavy atom. The molecule has 0 spiro atoms. The maximum atomic E-state index is 10.8. The first-order valence-corrected chi connectivity index (χ1v) is 7.33. The van der Waals surface area contributed by atoms with Crippen molar-refractivity contribution < 1.29 is 23.6 Å². The summed E-state index contributed by atoms with van der Waals surface area (Å²) in [6, 6.07) is 5.00. The topological polar surface area (TPSA) is 94.3 Å². The van der Waals surface area contributed by atoms with Crippen molar-refractivity contribution in [2.24, 2.45) is 0 Å². The van der Waals surface area contributed by atoms with Gasteiger partial charge in [-0.2, -0.15) is 0 Å². The highest BCUT2D eigenvalue weighted by Gasteiger charge is 2.04. The van der Waals surface area contributed by atoms with E-state index in [4.69, 9.17) is 4.74 Å². The number of ether oxygens (including phenoxy) is 1. The number of nitrogens with zero attached hydrogens (tertiary/aromatic N) is 1. The highest BCUT2D eigenvalue weighted by molar-refractivity contribution is 7.93. The molecule has 3 N–H and O–H groups in total. The monoisotopic (exact) mass is 274 g/mol. The molecule has 0 radical (unpaired) electrons. The van der Waals surface area contributed by atoms with E-state index < -0.39 is 10.0 Å². The summed E-state index contributed by atoms with van der Waals surface area (Å²) in [6.07, 6.45) is 1.07. The zero-order valence-electron chi connectivity index (χ0n) is 10.5. The molecule has 0 amide bonds. The maximum Gasteiger partial charge on any atom is 0.124 e. The second-order valence-electron chi connectivity index (χ2n) is 3.86. The van der Waals surface area contributed by atoms with Crippen molar-refractivity contribution in [3.05, 3.63) is 28.5 Å². The molecule has 0 aliphatic carbocycles. The van der Waals surface area contributed by atoms with E-state index in [1.54, 1.807) is 25.3 Å². The Morgan fingerprint density at radius 3 is 2.78 bits per heavy atom. The summed E-state index contributed by atoms with van der Waals surface area (Å²) in [4.78, 5) is 0. The van der Waals surface area contributed by atoms with Crippen LogP contribution < -0.4 is 10.1 Å². The molecule has 6 nitrogen and oxygen atoms in total. The lowest BCUT2D eigenvalue weighted by molar-refractivity contribution is -0.667. The summed E-state index contributed by atoms with van der Waals surface area (Å²) < 4.78 is 30.1. The normalized spacial score (nSPS) is 11.4. The van der Waals surface area contributed by atoms with Gasteiger partial charge in [-0.3, -0.25) is 0 Å². The Hall–Kier alpha value is -1.31. The van der Waals surface area contributed by atoms with Crippen molar-refractivity contribution in [3.8, 4) is 11.5 Å². The molecule has 0 fully saturated rings. The largest absolute Gasteiger partial charge is 0.545 e. The molecule has 1 aromatic rings. The molecule has 0 atom stereocenters. The molecule has 18 heavy (non-hydrogen) atoms. The molecule has 7 heteroatoms. The van der Waals surface area contributed by atoms with Crippen LogP contribution >= 0.6 is 0 Å². The summed E-state index contributed by atoms with van der Waals surface area (Å²) in [5.41, 5.74) is 0.744. The van der Waals surface area contributed by atoms with Crippen molar-refractivity contribution in [1.29, 1.82) is 0 Å². The molecular formula is C11H18N2O4S. The molecular weight excluding hydrogens is 256 g/mol. The minimum absolute atomic E-state index is 0.201. The van der Waals surface area contributed by atoms with Crippen molar-refractivity contribution in [1.82, 2.24) is 0 Å². The van der Waals surface area contributed by atoms with Gasteiger partial charge in [0.15, 0.2) is 0 Å². The number of hydrogen-bond acceptors (Lipinski definition) is 4. The predicted octanol–water partition coefficient (Wildman–Crippen LogP) is -0.202. The number of hydrogen-bond donors (Lipinski definition) is 2. The Balaban J connectivity index is 2.39. The zero-order chi connectivity index (χ0) is 13.6. The second-order valence-corrected chi connectivity index (χ2v) is 5.59. The first kappa shape index (κ1) is 14.7. The number of phenolic OH excluding ortho intramolecular Hbond substituents is 1. The van der Waals surface area contributed by atoms with Gasteiger partial charge in [-0.05, 0) is 18.2 Å². The van der Waals surface area contributed by atoms with Crippen LogP contribution in [0.1, 0.15) is 5.56 Å². The average molecular weight is 274 g/mol. The lowest BCUT2D eigenvalue weighted by atomic mass is 10.2. The van der Waals surface area contributed by atoms with E-state index in [-0.39, 0.29) is 12.3 Å². The molecule has 0 heterocycles. The molecule has 0 aromatic heterocycles. The van der Waals surface area contributed by atoms with Gasteiger partial charge in [-0.15, -0.1) is 0 Å². The first-order chi connectivity index (χ1) is 8.42. The molecule has 0 unspecified atom stereocenters. The van der Waals surface area contributed by atoms with Crippen molar-refractivity contribution >= 4 is 10.0 Å². The number of methoxy groups -OCH3 is 1. The summed E-state index contributed by atoms with van der Waals surface area (Å²) in [5, 5.41) is 11.5. The summed E-state index contributed by atoms with van der Waals surface area (Å²) in [5.74, 6) is 0.879. The van der Waals surface area contributed by atoms with Crippen LogP contribution in [-0.4, -0.2) is 40.0 Å². The Labute approximate surface area is 107 Å². The molecule has 0 bridgehead atoms. The number of rotatable bonds is 7. The van der Waals surface area contributed by atoms with Crippen LogP contribution in [0.4, 0.5) is 0 Å². The minimum Gasteiger partial charge on any atom is -0.545 e. The Morgan fingerprint density at radius 2 is 2.17 bits per heavy atom. The molecule has 102 valence electrons. The van der Waals surface area contributed by atoms with E-state index in [1.807, 2.05) is 5.32 Å². The zero-order valence-corrected chi connectivity index (χ0v) is 11.3. The van der Waals surface area contributed by atoms with E-state index in [0.717, 1.165) is 11.8 Å². The van der Waals surface area contributed by atoms with Gasteiger partial charge in [0, 0.05) is 6.26 Å². The SMILES string of the molecule is COc1ccc(O)c(C[NH2+]CC[N-]S(C)(=O)=O)c1. The van der Waals surface area contributed by atoms with Gasteiger partial charge in [0.1, 0.15) is 18.0 Å². The standard InChI is InChI=1S/C11H17N2O4S/c1-17-10-3-4-11(14)9(7-10)8-12-5-6-13-18(2,15)16/h3-4,7,12,14H,5-6,8H2,1-2H3/q-1/p+1. The van der Waals surface area contributed by atoms with Crippen LogP contribution in [-0.2, 0) is 16.6 Å². The highest BCUT2D eigenvalue weighted by atomic mass is 32.2. The number of nitrogens with two attached hydrogens (primary N) is 1. The average Bonchev–Trinajstić information content (AvgIpc) is 2.29. The number of phenols is 1. The number of benzene rings is 1. The van der Waals surface area contributed by atoms with E-state index in [2.05, 4.69) is 4.72 Å². The van der Waals surface area contributed by atoms with E-state index in [0.29, 0.717) is 18.8 Å². The minimum atomic E-state index is -3.25. The fourth-order valence-corrected chi connectivity index (χ4v) is 1.86. The van der Waals surface area contributed by atoms with E-state index >= 15 is 0 Å². The molecule has 0 saturated carbocycles. The van der Waals surface area contributed by atoms with Crippen LogP contribution in [0.3, 0.4) is 0 Å². The van der Waals surface area contributed by atoms with Crippen LogP contribution in [0.25, 0.3) is 4.72 Å². The third kappa shape index (κ3) is 5.35. The van der Waals surface area contributed by atoms with Crippen LogP contribution in [0, 0.1) is 0 Å². The lowest BCUT2D eigenvalue weighted by Crippen LogP contribution is -2.83. The van der Waals surface area contributed by atoms with Gasteiger partial charge in [-0.1, -0.05) is 6.54 Å². The Bertz CT molecular complexity index is 488. The van der Waals surface area contributed by atoms with Gasteiger partial charge >= 0.3 is 0 Å². The molecule has 1 rings (SSSR count). The fraction of sp³-hybridized carbons (Fsp3) is 0.455. The fourth-order valence-electron chi connectivity index (χ4n) is 1.42. The number of quaternary nitrogens is 1. The van der Waals surface area contributed by atoms with Gasteiger partial charge in [0.25, 0.3) is 0 Å². The molecule has 0 aliphatic rings. The first-order valence-electron chi connectivity index (χ1n) is 5.48. The van der Waals surface area contributed by atoms with Gasteiger partial charge in [0.2, 0.25) is 0 Å². The van der Waals surface area contributed by atoms with Crippen molar-refractivity contribution in [2.75, 3.05) is 26.5 Å². The number of aromatic hydroxyl groups is 1. The van der Waals surface area contributed by atoms with Crippen LogP contribution in [0.2, 0.25) is 0 Å². The molecule has 0 aliphatic heterocycles. The predicted molar refractivity (Wildman–Crippen MR) is 68.2 cm³/mol. The van der Waals surface area contributed by atoms with Crippen LogP contribution in [0.15, 0.2) is 18.2 Å². The summed E-state index contributed by atoms with van der Waals surface area (Å²) in [7, 11) is -1.69. The van der Waals surface area contributed by atoms with Gasteiger partial charge < -0.3 is 19.9 Å². The van der Waals surface area contributed by atoms with Crippen LogP contribution in [0.5, 0.6) is 11.5 Å². The molecule has 0 saturated heterocycles. The highest BCUT2D eigenvalue weighted by Crippen LogP contribution is 2.21. The quantitative estimate of drug-likeness (QED) is 0.673. The summed E-state index contributed by atoms with van der Waals surface area (Å²) in [6.45, 7) is 1.33. The smallest absolute Gasteiger partial charge is 0.124 e. The summed E-state index contributed by atoms with van der Waals surface area (Å²) >= 11 is 0. The van der Waals surface area contributed by atoms with E-state index in [1.165, 1.54) is 0 Å². The van der Waals surface area contributed by atoms with E-state index in [9.17, 15) is 13.5 Å². The van der Waals surface area contributed by atoms with Gasteiger partial charge in [0.05, 0.1) is 29.2 Å². The number of sulfonamides is 1.